The van der Waals surface area contributed by atoms with Crippen LogP contribution in [-0.4, -0.2) is 22.6 Å². The van der Waals surface area contributed by atoms with E-state index in [2.05, 4.69) is 43.0 Å². The van der Waals surface area contributed by atoms with Crippen molar-refractivity contribution in [1.29, 1.82) is 0 Å². The maximum atomic E-state index is 6.48. The molecule has 0 fully saturated rings. The van der Waals surface area contributed by atoms with E-state index in [4.69, 9.17) is 39.9 Å². The summed E-state index contributed by atoms with van der Waals surface area (Å²) in [6.07, 6.45) is 3.06. The van der Waals surface area contributed by atoms with Crippen LogP contribution < -0.4 is 4.90 Å². The van der Waals surface area contributed by atoms with E-state index in [0.717, 1.165) is 29.4 Å². The van der Waals surface area contributed by atoms with Gasteiger partial charge in [0.05, 0.1) is 27.5 Å². The highest BCUT2D eigenvalue weighted by Crippen LogP contribution is 2.42. The summed E-state index contributed by atoms with van der Waals surface area (Å²) in [6.45, 7) is 5.26. The van der Waals surface area contributed by atoms with Crippen LogP contribution >= 0.6 is 46.6 Å². The Balaban J connectivity index is 1.84. The third-order valence-electron chi connectivity index (χ3n) is 5.32. The lowest BCUT2D eigenvalue weighted by molar-refractivity contribution is 0.619. The summed E-state index contributed by atoms with van der Waals surface area (Å²) < 4.78 is 1.84. The fourth-order valence-electron chi connectivity index (χ4n) is 3.97. The van der Waals surface area contributed by atoms with Crippen LogP contribution in [0.4, 0.5) is 5.69 Å². The summed E-state index contributed by atoms with van der Waals surface area (Å²) in [6, 6.07) is 12.3. The molecule has 1 atom stereocenters. The van der Waals surface area contributed by atoms with Crippen molar-refractivity contribution in [1.82, 2.24) is 9.78 Å². The average molecular weight is 453 g/mol. The van der Waals surface area contributed by atoms with Gasteiger partial charge >= 0.3 is 0 Å². The van der Waals surface area contributed by atoms with Crippen molar-refractivity contribution in [2.75, 3.05) is 17.7 Å². The van der Waals surface area contributed by atoms with Gasteiger partial charge in [0.1, 0.15) is 10.7 Å². The van der Waals surface area contributed by atoms with Crippen molar-refractivity contribution in [3.63, 3.8) is 0 Å². The summed E-state index contributed by atoms with van der Waals surface area (Å²) in [5.74, 6) is 0. The van der Waals surface area contributed by atoms with Crippen LogP contribution in [-0.2, 0) is 6.42 Å². The predicted octanol–water partition coefficient (Wildman–Crippen LogP) is 6.99. The molecule has 1 unspecified atom stereocenters. The Labute approximate surface area is 184 Å². The molecule has 7 heteroatoms. The zero-order valence-corrected chi connectivity index (χ0v) is 18.9. The van der Waals surface area contributed by atoms with Gasteiger partial charge in [-0.3, -0.25) is 0 Å². The SMILES string of the molecule is CSc1nn(-c2c(Cl)cc(Cl)cc2Cl)c(C)c1N1CCc2ccccc2C1C. The Morgan fingerprint density at radius 1 is 1.07 bits per heavy atom. The highest BCUT2D eigenvalue weighted by Gasteiger charge is 2.30. The first-order valence-electron chi connectivity index (χ1n) is 9.05. The number of fused-ring (bicyclic) bond motifs is 1. The quantitative estimate of drug-likeness (QED) is 0.400. The van der Waals surface area contributed by atoms with Gasteiger partial charge in [0.25, 0.3) is 0 Å². The van der Waals surface area contributed by atoms with E-state index in [9.17, 15) is 0 Å². The van der Waals surface area contributed by atoms with Crippen LogP contribution in [0.2, 0.25) is 15.1 Å². The number of aromatic nitrogens is 2. The number of hydrogen-bond donors (Lipinski definition) is 0. The van der Waals surface area contributed by atoms with Crippen molar-refractivity contribution in [3.8, 4) is 5.69 Å². The van der Waals surface area contributed by atoms with E-state index in [1.54, 1.807) is 23.9 Å². The first kappa shape index (κ1) is 20.0. The zero-order valence-electron chi connectivity index (χ0n) is 15.8. The maximum Gasteiger partial charge on any atom is 0.142 e. The predicted molar refractivity (Wildman–Crippen MR) is 121 cm³/mol. The second-order valence-corrected chi connectivity index (χ2v) is 8.94. The van der Waals surface area contributed by atoms with Gasteiger partial charge < -0.3 is 4.90 Å². The first-order valence-corrected chi connectivity index (χ1v) is 11.4. The number of benzene rings is 2. The summed E-state index contributed by atoms with van der Waals surface area (Å²) in [4.78, 5) is 2.44. The van der Waals surface area contributed by atoms with Crippen LogP contribution in [0.25, 0.3) is 5.69 Å². The fraction of sp³-hybridized carbons (Fsp3) is 0.286. The van der Waals surface area contributed by atoms with Crippen LogP contribution in [0.15, 0.2) is 41.4 Å². The molecule has 3 nitrogen and oxygen atoms in total. The Kier molecular flexibility index (Phi) is 5.58. The summed E-state index contributed by atoms with van der Waals surface area (Å²) in [5.41, 5.74) is 5.61. The molecular weight excluding hydrogens is 433 g/mol. The monoisotopic (exact) mass is 451 g/mol. The molecule has 1 aliphatic rings. The number of anilines is 1. The van der Waals surface area contributed by atoms with Crippen molar-refractivity contribution in [2.24, 2.45) is 0 Å². The Hall–Kier alpha value is -1.33. The molecule has 3 aromatic rings. The highest BCUT2D eigenvalue weighted by molar-refractivity contribution is 7.98. The molecule has 0 saturated heterocycles. The third kappa shape index (κ3) is 3.30. The summed E-state index contributed by atoms with van der Waals surface area (Å²) in [5, 5.41) is 7.29. The average Bonchev–Trinajstić information content (AvgIpc) is 2.98. The third-order valence-corrected chi connectivity index (χ3v) is 6.78. The molecule has 146 valence electrons. The van der Waals surface area contributed by atoms with Crippen molar-refractivity contribution < 1.29 is 0 Å². The van der Waals surface area contributed by atoms with Gasteiger partial charge in [-0.05, 0) is 49.8 Å². The van der Waals surface area contributed by atoms with Crippen LogP contribution in [0.1, 0.15) is 29.8 Å². The van der Waals surface area contributed by atoms with Gasteiger partial charge in [-0.1, -0.05) is 59.1 Å². The Bertz CT molecular complexity index is 1020. The smallest absolute Gasteiger partial charge is 0.142 e. The fourth-order valence-corrected chi connectivity index (χ4v) is 5.57. The minimum Gasteiger partial charge on any atom is -0.361 e. The zero-order chi connectivity index (χ0) is 20.0. The number of hydrogen-bond acceptors (Lipinski definition) is 3. The highest BCUT2D eigenvalue weighted by atomic mass is 35.5. The number of nitrogens with zero attached hydrogens (tertiary/aromatic N) is 3. The van der Waals surface area contributed by atoms with Crippen LogP contribution in [0, 0.1) is 6.92 Å². The molecule has 4 rings (SSSR count). The van der Waals surface area contributed by atoms with E-state index in [-0.39, 0.29) is 6.04 Å². The minimum absolute atomic E-state index is 0.267. The molecule has 0 saturated carbocycles. The van der Waals surface area contributed by atoms with E-state index >= 15 is 0 Å². The maximum absolute atomic E-state index is 6.48. The standard InChI is InChI=1S/C21H20Cl3N3S/c1-12-16-7-5-4-6-14(16)8-9-26(12)19-13(2)27(25-21(19)28-3)20-17(23)10-15(22)11-18(20)24/h4-7,10-12H,8-9H2,1-3H3. The summed E-state index contributed by atoms with van der Waals surface area (Å²) >= 11 is 20.7. The molecule has 0 amide bonds. The molecule has 0 N–H and O–H groups in total. The Morgan fingerprint density at radius 2 is 1.75 bits per heavy atom. The van der Waals surface area contributed by atoms with Crippen molar-refractivity contribution in [2.45, 2.75) is 31.3 Å². The number of halogens is 3. The van der Waals surface area contributed by atoms with Crippen molar-refractivity contribution >= 4 is 52.3 Å². The van der Waals surface area contributed by atoms with Gasteiger partial charge in [-0.15, -0.1) is 11.8 Å². The van der Waals surface area contributed by atoms with E-state index in [0.29, 0.717) is 20.8 Å². The lowest BCUT2D eigenvalue weighted by Gasteiger charge is -2.37. The lowest BCUT2D eigenvalue weighted by atomic mass is 9.93. The van der Waals surface area contributed by atoms with Gasteiger partial charge in [-0.25, -0.2) is 4.68 Å². The molecule has 0 bridgehead atoms. The topological polar surface area (TPSA) is 21.1 Å². The second-order valence-electron chi connectivity index (χ2n) is 6.89. The Morgan fingerprint density at radius 3 is 2.43 bits per heavy atom. The first-order chi connectivity index (χ1) is 13.4. The minimum atomic E-state index is 0.267. The van der Waals surface area contributed by atoms with E-state index in [1.165, 1.54) is 11.1 Å². The van der Waals surface area contributed by atoms with E-state index in [1.807, 2.05) is 10.9 Å². The normalized spacial score (nSPS) is 16.4. The summed E-state index contributed by atoms with van der Waals surface area (Å²) in [7, 11) is 0. The van der Waals surface area contributed by atoms with Gasteiger partial charge in [-0.2, -0.15) is 5.10 Å². The molecule has 1 aliphatic heterocycles. The largest absolute Gasteiger partial charge is 0.361 e. The van der Waals surface area contributed by atoms with Gasteiger partial charge in [0.15, 0.2) is 0 Å². The van der Waals surface area contributed by atoms with E-state index < -0.39 is 0 Å². The molecule has 2 aromatic carbocycles. The molecule has 0 spiro atoms. The van der Waals surface area contributed by atoms with Crippen LogP contribution in [0.5, 0.6) is 0 Å². The molecule has 0 aliphatic carbocycles. The molecule has 2 heterocycles. The number of rotatable bonds is 3. The van der Waals surface area contributed by atoms with Gasteiger partial charge in [0.2, 0.25) is 0 Å². The van der Waals surface area contributed by atoms with Crippen molar-refractivity contribution in [3.05, 3.63) is 68.3 Å². The molecule has 0 radical (unpaired) electrons. The van der Waals surface area contributed by atoms with Crippen LogP contribution in [0.3, 0.4) is 0 Å². The molecule has 28 heavy (non-hydrogen) atoms. The van der Waals surface area contributed by atoms with Gasteiger partial charge in [0, 0.05) is 11.6 Å². The second kappa shape index (κ2) is 7.83. The molecular formula is C21H20Cl3N3S. The number of thioether (sulfide) groups is 1. The lowest BCUT2D eigenvalue weighted by Crippen LogP contribution is -2.34. The molecule has 1 aromatic heterocycles.